The number of fused-ring (bicyclic) bond motifs is 1. The number of pyridine rings is 1. The molecular weight excluding hydrogens is 446 g/mol. The fraction of sp³-hybridized carbons (Fsp3) is 0.594. The van der Waals surface area contributed by atoms with Gasteiger partial charge in [-0.3, -0.25) is 4.98 Å². The molecule has 4 fully saturated rings. The summed E-state index contributed by atoms with van der Waals surface area (Å²) in [6.07, 6.45) is 17.9. The molecule has 3 N–H and O–H groups in total. The molecule has 4 aliphatic carbocycles. The smallest absolute Gasteiger partial charge is 0.0832 e. The van der Waals surface area contributed by atoms with Crippen molar-refractivity contribution in [2.75, 3.05) is 0 Å². The lowest BCUT2D eigenvalue weighted by Gasteiger charge is -2.44. The van der Waals surface area contributed by atoms with Gasteiger partial charge in [0.2, 0.25) is 0 Å². The van der Waals surface area contributed by atoms with Gasteiger partial charge in [-0.1, -0.05) is 56.4 Å². The van der Waals surface area contributed by atoms with E-state index in [9.17, 15) is 15.3 Å². The first-order valence-electron chi connectivity index (χ1n) is 14.0. The first kappa shape index (κ1) is 25.6. The maximum atomic E-state index is 11.1. The molecule has 4 nitrogen and oxygen atoms in total. The second kappa shape index (κ2) is 10.0. The van der Waals surface area contributed by atoms with Crippen molar-refractivity contribution in [3.05, 3.63) is 77.7 Å². The Kier molecular flexibility index (Phi) is 7.15. The average molecular weight is 490 g/mol. The molecule has 1 aromatic heterocycles. The SMILES string of the molecule is C=C1/C(=C\C=C2/CCC[C@]3(C)[C@@H]([C@H](C)/C=C/[C@@H](O)C4(c5ccccn5)CC4)CC[C@@H]23)C[C@@H](O)C[C@@H]1O. The lowest BCUT2D eigenvalue weighted by molar-refractivity contribution is 0.0862. The first-order valence-corrected chi connectivity index (χ1v) is 14.0. The van der Waals surface area contributed by atoms with Gasteiger partial charge in [-0.05, 0) is 97.8 Å². The van der Waals surface area contributed by atoms with E-state index in [1.165, 1.54) is 31.3 Å². The van der Waals surface area contributed by atoms with E-state index in [4.69, 9.17) is 0 Å². The van der Waals surface area contributed by atoms with Crippen LogP contribution < -0.4 is 0 Å². The minimum atomic E-state index is -0.638. The van der Waals surface area contributed by atoms with Gasteiger partial charge in [-0.25, -0.2) is 0 Å². The standard InChI is InChI=1S/C32H43NO3/c1-21(9-14-30(36)32(16-17-32)29-8-4-5-18-33-29)26-12-13-27-23(7-6-15-31(26,27)3)10-11-24-19-25(34)20-28(35)22(24)2/h4-5,8-11,14,18,21,25-28,30,34-36H,2,6-7,12-13,15-17,19-20H2,1,3H3/b14-9+,23-10+,24-11-/t21-,25-,26-,27+,28+,30-,31-/m1/s1. The van der Waals surface area contributed by atoms with E-state index in [1.54, 1.807) is 0 Å². The molecule has 4 saturated carbocycles. The Morgan fingerprint density at radius 3 is 2.64 bits per heavy atom. The van der Waals surface area contributed by atoms with Crippen molar-refractivity contribution in [2.45, 2.75) is 95.4 Å². The van der Waals surface area contributed by atoms with Crippen LogP contribution >= 0.6 is 0 Å². The van der Waals surface area contributed by atoms with Crippen LogP contribution in [0.2, 0.25) is 0 Å². The molecule has 7 atom stereocenters. The monoisotopic (exact) mass is 489 g/mol. The van der Waals surface area contributed by atoms with E-state index < -0.39 is 18.3 Å². The summed E-state index contributed by atoms with van der Waals surface area (Å²) in [4.78, 5) is 4.54. The number of hydrogen-bond acceptors (Lipinski definition) is 4. The molecule has 0 spiro atoms. The van der Waals surface area contributed by atoms with E-state index >= 15 is 0 Å². The topological polar surface area (TPSA) is 73.6 Å². The van der Waals surface area contributed by atoms with Crippen molar-refractivity contribution in [3.63, 3.8) is 0 Å². The summed E-state index contributed by atoms with van der Waals surface area (Å²) in [5, 5.41) is 31.4. The summed E-state index contributed by atoms with van der Waals surface area (Å²) < 4.78 is 0. The van der Waals surface area contributed by atoms with E-state index in [0.717, 1.165) is 36.1 Å². The lowest BCUT2D eigenvalue weighted by Crippen LogP contribution is -2.35. The number of hydrogen-bond donors (Lipinski definition) is 3. The highest BCUT2D eigenvalue weighted by atomic mass is 16.3. The third-order valence-electron chi connectivity index (χ3n) is 10.1. The second-order valence-corrected chi connectivity index (χ2v) is 12.2. The molecule has 36 heavy (non-hydrogen) atoms. The highest BCUT2D eigenvalue weighted by molar-refractivity contribution is 5.39. The van der Waals surface area contributed by atoms with Gasteiger partial charge in [0.1, 0.15) is 0 Å². The number of aromatic nitrogens is 1. The van der Waals surface area contributed by atoms with Crippen molar-refractivity contribution in [3.8, 4) is 0 Å². The van der Waals surface area contributed by atoms with Gasteiger partial charge in [0.05, 0.1) is 18.3 Å². The van der Waals surface area contributed by atoms with Crippen LogP contribution in [0.3, 0.4) is 0 Å². The van der Waals surface area contributed by atoms with Crippen molar-refractivity contribution in [1.29, 1.82) is 0 Å². The largest absolute Gasteiger partial charge is 0.393 e. The zero-order chi connectivity index (χ0) is 25.5. The van der Waals surface area contributed by atoms with E-state index in [0.29, 0.717) is 30.6 Å². The summed E-state index contributed by atoms with van der Waals surface area (Å²) in [6, 6.07) is 5.99. The molecule has 4 aliphatic rings. The third-order valence-corrected chi connectivity index (χ3v) is 10.1. The summed E-state index contributed by atoms with van der Waals surface area (Å²) in [7, 11) is 0. The first-order chi connectivity index (χ1) is 17.2. The molecule has 0 radical (unpaired) electrons. The fourth-order valence-corrected chi connectivity index (χ4v) is 7.70. The van der Waals surface area contributed by atoms with Crippen molar-refractivity contribution in [2.24, 2.45) is 23.2 Å². The Hall–Kier alpha value is -2.01. The van der Waals surface area contributed by atoms with Gasteiger partial charge in [0.25, 0.3) is 0 Å². The van der Waals surface area contributed by atoms with Crippen molar-refractivity contribution in [1.82, 2.24) is 4.98 Å². The summed E-state index contributed by atoms with van der Waals surface area (Å²) in [5.41, 5.74) is 4.35. The number of aliphatic hydroxyl groups is 3. The van der Waals surface area contributed by atoms with E-state index in [-0.39, 0.29) is 10.8 Å². The molecule has 1 aromatic rings. The second-order valence-electron chi connectivity index (χ2n) is 12.2. The predicted molar refractivity (Wildman–Crippen MR) is 144 cm³/mol. The van der Waals surface area contributed by atoms with E-state index in [2.05, 4.69) is 49.7 Å². The Bertz CT molecular complexity index is 1050. The minimum Gasteiger partial charge on any atom is -0.393 e. The Balaban J connectivity index is 1.29. The lowest BCUT2D eigenvalue weighted by atomic mass is 9.61. The molecule has 0 amide bonds. The average Bonchev–Trinajstić information content (AvgIpc) is 3.60. The van der Waals surface area contributed by atoms with Gasteiger partial charge in [-0.15, -0.1) is 0 Å². The molecule has 1 heterocycles. The maximum Gasteiger partial charge on any atom is 0.0832 e. The molecule has 0 aliphatic heterocycles. The van der Waals surface area contributed by atoms with Crippen LogP contribution in [0, 0.1) is 23.2 Å². The normalized spacial score (nSPS) is 37.9. The number of rotatable bonds is 6. The summed E-state index contributed by atoms with van der Waals surface area (Å²) in [5.74, 6) is 1.58. The maximum absolute atomic E-state index is 11.1. The van der Waals surface area contributed by atoms with E-state index in [1.807, 2.05) is 24.4 Å². The van der Waals surface area contributed by atoms with Crippen LogP contribution in [0.25, 0.3) is 0 Å². The minimum absolute atomic E-state index is 0.196. The zero-order valence-corrected chi connectivity index (χ0v) is 21.9. The van der Waals surface area contributed by atoms with Crippen LogP contribution in [0.15, 0.2) is 72.0 Å². The molecule has 4 heteroatoms. The summed E-state index contributed by atoms with van der Waals surface area (Å²) >= 11 is 0. The molecule has 5 rings (SSSR count). The highest BCUT2D eigenvalue weighted by Crippen LogP contribution is 2.59. The molecule has 0 aromatic carbocycles. The number of aliphatic hydroxyl groups excluding tert-OH is 3. The van der Waals surface area contributed by atoms with Crippen LogP contribution in [0.1, 0.15) is 77.3 Å². The van der Waals surface area contributed by atoms with Crippen LogP contribution in [0.4, 0.5) is 0 Å². The Morgan fingerprint density at radius 1 is 1.11 bits per heavy atom. The van der Waals surface area contributed by atoms with Gasteiger partial charge >= 0.3 is 0 Å². The Morgan fingerprint density at radius 2 is 1.92 bits per heavy atom. The molecule has 0 saturated heterocycles. The van der Waals surface area contributed by atoms with Gasteiger partial charge in [0, 0.05) is 23.7 Å². The van der Waals surface area contributed by atoms with Crippen LogP contribution in [0.5, 0.6) is 0 Å². The molecule has 0 bridgehead atoms. The molecule has 0 unspecified atom stereocenters. The quantitative estimate of drug-likeness (QED) is 0.441. The third kappa shape index (κ3) is 4.68. The number of allylic oxidation sites excluding steroid dienone is 4. The van der Waals surface area contributed by atoms with Crippen molar-refractivity contribution < 1.29 is 15.3 Å². The Labute approximate surface area is 216 Å². The highest BCUT2D eigenvalue weighted by Gasteiger charge is 2.52. The number of nitrogens with zero attached hydrogens (tertiary/aromatic N) is 1. The van der Waals surface area contributed by atoms with Gasteiger partial charge in [-0.2, -0.15) is 0 Å². The molecular formula is C32H43NO3. The summed E-state index contributed by atoms with van der Waals surface area (Å²) in [6.45, 7) is 8.89. The van der Waals surface area contributed by atoms with Crippen molar-refractivity contribution >= 4 is 0 Å². The van der Waals surface area contributed by atoms with Gasteiger partial charge in [0.15, 0.2) is 0 Å². The fourth-order valence-electron chi connectivity index (χ4n) is 7.70. The zero-order valence-electron chi connectivity index (χ0n) is 21.9. The van der Waals surface area contributed by atoms with Crippen LogP contribution in [-0.4, -0.2) is 38.6 Å². The van der Waals surface area contributed by atoms with Crippen LogP contribution in [-0.2, 0) is 5.41 Å². The predicted octanol–water partition coefficient (Wildman–Crippen LogP) is 5.81. The van der Waals surface area contributed by atoms with Gasteiger partial charge < -0.3 is 15.3 Å². The molecule has 194 valence electrons.